The molecule has 1 aliphatic rings. The van der Waals surface area contributed by atoms with Gasteiger partial charge in [-0.25, -0.2) is 0 Å². The third kappa shape index (κ3) is 3.47. The van der Waals surface area contributed by atoms with E-state index in [1.807, 2.05) is 11.8 Å². The van der Waals surface area contributed by atoms with Gasteiger partial charge in [0.15, 0.2) is 0 Å². The van der Waals surface area contributed by atoms with Crippen LogP contribution in [0.25, 0.3) is 0 Å². The van der Waals surface area contributed by atoms with Gasteiger partial charge in [-0.15, -0.1) is 11.8 Å². The van der Waals surface area contributed by atoms with E-state index < -0.39 is 0 Å². The minimum absolute atomic E-state index is 0.146. The first-order chi connectivity index (χ1) is 8.19. The lowest BCUT2D eigenvalue weighted by Gasteiger charge is -2.13. The molecule has 3 heteroatoms. The zero-order valence-electron chi connectivity index (χ0n) is 10.6. The van der Waals surface area contributed by atoms with Crippen molar-refractivity contribution in [1.82, 2.24) is 4.90 Å². The molecule has 1 aromatic carbocycles. The van der Waals surface area contributed by atoms with Crippen molar-refractivity contribution in [3.63, 3.8) is 0 Å². The van der Waals surface area contributed by atoms with Gasteiger partial charge >= 0.3 is 0 Å². The van der Waals surface area contributed by atoms with Gasteiger partial charge in [0.1, 0.15) is 0 Å². The largest absolute Gasteiger partial charge is 0.391 e. The summed E-state index contributed by atoms with van der Waals surface area (Å²) in [4.78, 5) is 3.64. The number of hydrogen-bond acceptors (Lipinski definition) is 3. The smallest absolute Gasteiger partial charge is 0.0715 e. The van der Waals surface area contributed by atoms with Crippen LogP contribution in [0.5, 0.6) is 0 Å². The molecule has 0 aromatic heterocycles. The van der Waals surface area contributed by atoms with E-state index in [-0.39, 0.29) is 6.10 Å². The minimum atomic E-state index is -0.146. The summed E-state index contributed by atoms with van der Waals surface area (Å²) in [5.41, 5.74) is 1.30. The molecule has 0 bridgehead atoms. The number of aliphatic hydroxyl groups is 1. The van der Waals surface area contributed by atoms with Crippen LogP contribution in [0.2, 0.25) is 0 Å². The summed E-state index contributed by atoms with van der Waals surface area (Å²) in [6.07, 6.45) is -0.146. The number of aryl methyl sites for hydroxylation is 1. The lowest BCUT2D eigenvalue weighted by molar-refractivity contribution is 0.150. The summed E-state index contributed by atoms with van der Waals surface area (Å²) in [6, 6.07) is 8.58. The quantitative estimate of drug-likeness (QED) is 0.831. The Labute approximate surface area is 108 Å². The highest BCUT2D eigenvalue weighted by Gasteiger charge is 2.29. The van der Waals surface area contributed by atoms with Crippen molar-refractivity contribution in [2.24, 2.45) is 5.92 Å². The molecule has 2 rings (SSSR count). The number of β-amino-alcohol motifs (C(OH)–C–C–N with tert-alkyl or cyclic N) is 1. The van der Waals surface area contributed by atoms with E-state index >= 15 is 0 Å². The van der Waals surface area contributed by atoms with Crippen LogP contribution in [0.3, 0.4) is 0 Å². The van der Waals surface area contributed by atoms with E-state index in [9.17, 15) is 5.11 Å². The molecule has 2 atom stereocenters. The molecule has 0 aliphatic carbocycles. The molecular formula is C14H21NOS. The fourth-order valence-electron chi connectivity index (χ4n) is 2.27. The van der Waals surface area contributed by atoms with Crippen molar-refractivity contribution >= 4 is 11.8 Å². The first kappa shape index (κ1) is 12.9. The van der Waals surface area contributed by atoms with E-state index in [2.05, 4.69) is 43.0 Å². The predicted octanol–water partition coefficient (Wildman–Crippen LogP) is 2.40. The van der Waals surface area contributed by atoms with Gasteiger partial charge in [0.2, 0.25) is 0 Å². The fourth-order valence-corrected chi connectivity index (χ4v) is 3.45. The third-order valence-electron chi connectivity index (χ3n) is 3.38. The molecule has 1 saturated heterocycles. The van der Waals surface area contributed by atoms with Crippen LogP contribution in [-0.4, -0.2) is 41.5 Å². The lowest BCUT2D eigenvalue weighted by Crippen LogP contribution is -2.21. The van der Waals surface area contributed by atoms with Gasteiger partial charge in [0.25, 0.3) is 0 Å². The molecule has 1 heterocycles. The SMILES string of the molecule is CCN1C[C@@H](CSc2cccc(C)c2)[C@H](O)C1. The maximum Gasteiger partial charge on any atom is 0.0715 e. The van der Waals surface area contributed by atoms with E-state index in [1.54, 1.807) is 0 Å². The van der Waals surface area contributed by atoms with E-state index in [0.29, 0.717) is 5.92 Å². The number of rotatable bonds is 4. The standard InChI is InChI=1S/C14H21NOS/c1-3-15-8-12(14(16)9-15)10-17-13-6-4-5-11(2)7-13/h4-7,12,14,16H,3,8-10H2,1-2H3/t12-,14+/m0/s1. The first-order valence-electron chi connectivity index (χ1n) is 6.29. The summed E-state index contributed by atoms with van der Waals surface area (Å²) >= 11 is 1.86. The number of benzene rings is 1. The highest BCUT2D eigenvalue weighted by atomic mass is 32.2. The van der Waals surface area contributed by atoms with Gasteiger partial charge in [0.05, 0.1) is 6.10 Å². The molecule has 1 aliphatic heterocycles. The monoisotopic (exact) mass is 251 g/mol. The summed E-state index contributed by atoms with van der Waals surface area (Å²) in [5.74, 6) is 1.43. The molecule has 0 spiro atoms. The first-order valence-corrected chi connectivity index (χ1v) is 7.27. The second-order valence-electron chi connectivity index (χ2n) is 4.81. The van der Waals surface area contributed by atoms with Crippen LogP contribution in [0.15, 0.2) is 29.2 Å². The Bertz CT molecular complexity index is 369. The Morgan fingerprint density at radius 2 is 2.24 bits per heavy atom. The topological polar surface area (TPSA) is 23.5 Å². The molecule has 2 nitrogen and oxygen atoms in total. The zero-order chi connectivity index (χ0) is 12.3. The second kappa shape index (κ2) is 5.89. The molecule has 17 heavy (non-hydrogen) atoms. The molecule has 1 N–H and O–H groups in total. The predicted molar refractivity (Wildman–Crippen MR) is 73.5 cm³/mol. The summed E-state index contributed by atoms with van der Waals surface area (Å²) in [5, 5.41) is 9.97. The third-order valence-corrected chi connectivity index (χ3v) is 4.57. The molecule has 0 amide bonds. The Morgan fingerprint density at radius 3 is 2.88 bits per heavy atom. The summed E-state index contributed by atoms with van der Waals surface area (Å²) < 4.78 is 0. The lowest BCUT2D eigenvalue weighted by atomic mass is 10.1. The van der Waals surface area contributed by atoms with Crippen LogP contribution < -0.4 is 0 Å². The van der Waals surface area contributed by atoms with Gasteiger partial charge < -0.3 is 10.0 Å². The highest BCUT2D eigenvalue weighted by Crippen LogP contribution is 2.26. The Hall–Kier alpha value is -0.510. The number of hydrogen-bond donors (Lipinski definition) is 1. The minimum Gasteiger partial charge on any atom is -0.391 e. The van der Waals surface area contributed by atoms with Crippen LogP contribution in [0.1, 0.15) is 12.5 Å². The van der Waals surface area contributed by atoms with Gasteiger partial charge in [-0.1, -0.05) is 24.6 Å². The van der Waals surface area contributed by atoms with Crippen LogP contribution in [0, 0.1) is 12.8 Å². The van der Waals surface area contributed by atoms with Gasteiger partial charge in [-0.05, 0) is 25.6 Å². The number of likely N-dealkylation sites (tertiary alicyclic amines) is 1. The zero-order valence-corrected chi connectivity index (χ0v) is 11.4. The maximum atomic E-state index is 9.97. The van der Waals surface area contributed by atoms with E-state index in [4.69, 9.17) is 0 Å². The molecule has 0 saturated carbocycles. The normalized spacial score (nSPS) is 25.4. The Kier molecular flexibility index (Phi) is 4.48. The average Bonchev–Trinajstić information content (AvgIpc) is 2.68. The molecule has 1 aromatic rings. The van der Waals surface area contributed by atoms with Crippen molar-refractivity contribution in [3.05, 3.63) is 29.8 Å². The van der Waals surface area contributed by atoms with Crippen molar-refractivity contribution in [3.8, 4) is 0 Å². The van der Waals surface area contributed by atoms with Gasteiger partial charge in [-0.2, -0.15) is 0 Å². The van der Waals surface area contributed by atoms with Gasteiger partial charge in [-0.3, -0.25) is 0 Å². The molecule has 94 valence electrons. The molecule has 0 unspecified atom stereocenters. The second-order valence-corrected chi connectivity index (χ2v) is 5.90. The Morgan fingerprint density at radius 1 is 1.41 bits per heavy atom. The van der Waals surface area contributed by atoms with Crippen LogP contribution in [-0.2, 0) is 0 Å². The average molecular weight is 251 g/mol. The van der Waals surface area contributed by atoms with E-state index in [1.165, 1.54) is 10.5 Å². The van der Waals surface area contributed by atoms with Crippen molar-refractivity contribution in [2.45, 2.75) is 24.8 Å². The number of aliphatic hydroxyl groups excluding tert-OH is 1. The maximum absolute atomic E-state index is 9.97. The molecule has 1 fully saturated rings. The van der Waals surface area contributed by atoms with Crippen molar-refractivity contribution in [2.75, 3.05) is 25.4 Å². The number of thioether (sulfide) groups is 1. The number of likely N-dealkylation sites (N-methyl/N-ethyl adjacent to an activating group) is 1. The van der Waals surface area contributed by atoms with Crippen LogP contribution >= 0.6 is 11.8 Å². The van der Waals surface area contributed by atoms with Crippen molar-refractivity contribution in [1.29, 1.82) is 0 Å². The van der Waals surface area contributed by atoms with Crippen molar-refractivity contribution < 1.29 is 5.11 Å². The highest BCUT2D eigenvalue weighted by molar-refractivity contribution is 7.99. The summed E-state index contributed by atoms with van der Waals surface area (Å²) in [6.45, 7) is 7.20. The molecular weight excluding hydrogens is 230 g/mol. The van der Waals surface area contributed by atoms with Gasteiger partial charge in [0, 0.05) is 29.7 Å². The fraction of sp³-hybridized carbons (Fsp3) is 0.571. The van der Waals surface area contributed by atoms with Crippen LogP contribution in [0.4, 0.5) is 0 Å². The Balaban J connectivity index is 1.86. The van der Waals surface area contributed by atoms with E-state index in [0.717, 1.165) is 25.4 Å². The number of nitrogens with zero attached hydrogens (tertiary/aromatic N) is 1. The molecule has 0 radical (unpaired) electrons. The summed E-state index contributed by atoms with van der Waals surface area (Å²) in [7, 11) is 0.